The summed E-state index contributed by atoms with van der Waals surface area (Å²) in [7, 11) is -3.72. The molecule has 2 heterocycles. The fraction of sp³-hybridized carbons (Fsp3) is 0.423. The van der Waals surface area contributed by atoms with E-state index in [1.807, 2.05) is 38.1 Å². The van der Waals surface area contributed by atoms with Crippen molar-refractivity contribution in [3.63, 3.8) is 0 Å². The molecule has 0 bridgehead atoms. The zero-order valence-corrected chi connectivity index (χ0v) is 22.9. The average Bonchev–Trinajstić information content (AvgIpc) is 3.35. The van der Waals surface area contributed by atoms with Crippen LogP contribution in [0.5, 0.6) is 0 Å². The van der Waals surface area contributed by atoms with Gasteiger partial charge in [-0.05, 0) is 63.8 Å². The van der Waals surface area contributed by atoms with E-state index in [0.29, 0.717) is 17.8 Å². The zero-order chi connectivity index (χ0) is 26.4. The second-order valence-corrected chi connectivity index (χ2v) is 12.1. The molecule has 11 heteroatoms. The minimum absolute atomic E-state index is 0.0965. The van der Waals surface area contributed by atoms with Crippen LogP contribution < -0.4 is 15.4 Å². The van der Waals surface area contributed by atoms with Gasteiger partial charge < -0.3 is 15.4 Å². The second kappa shape index (κ2) is 12.0. The maximum atomic E-state index is 13.1. The molecule has 1 saturated carbocycles. The summed E-state index contributed by atoms with van der Waals surface area (Å²) in [6, 6.07) is 9.08. The van der Waals surface area contributed by atoms with Crippen molar-refractivity contribution >= 4 is 38.8 Å². The number of carbonyl (C=O) groups excluding carboxylic acids is 1. The molecule has 3 aromatic rings. The lowest BCUT2D eigenvalue weighted by Gasteiger charge is -2.28. The lowest BCUT2D eigenvalue weighted by atomic mass is 9.86. The first-order chi connectivity index (χ1) is 17.7. The van der Waals surface area contributed by atoms with Crippen LogP contribution in [0.4, 0.5) is 16.2 Å². The summed E-state index contributed by atoms with van der Waals surface area (Å²) in [5.74, 6) is 0.277. The fourth-order valence-corrected chi connectivity index (χ4v) is 6.87. The van der Waals surface area contributed by atoms with E-state index >= 15 is 0 Å². The van der Waals surface area contributed by atoms with Crippen molar-refractivity contribution < 1.29 is 17.9 Å². The Morgan fingerprint density at radius 2 is 1.84 bits per heavy atom. The van der Waals surface area contributed by atoms with E-state index in [9.17, 15) is 13.2 Å². The number of anilines is 2. The first-order valence-electron chi connectivity index (χ1n) is 12.5. The molecule has 2 aromatic heterocycles. The summed E-state index contributed by atoms with van der Waals surface area (Å²) in [5, 5.41) is 7.18. The van der Waals surface area contributed by atoms with Gasteiger partial charge in [-0.15, -0.1) is 11.3 Å². The summed E-state index contributed by atoms with van der Waals surface area (Å²) in [6.45, 7) is 5.71. The number of pyridine rings is 1. The number of benzene rings is 1. The van der Waals surface area contributed by atoms with Crippen molar-refractivity contribution in [3.8, 4) is 10.4 Å². The van der Waals surface area contributed by atoms with Gasteiger partial charge >= 0.3 is 6.09 Å². The highest BCUT2D eigenvalue weighted by atomic mass is 32.2. The number of ether oxygens (including phenoxy) is 1. The topological polar surface area (TPSA) is 122 Å². The largest absolute Gasteiger partial charge is 0.447 e. The molecule has 1 aliphatic carbocycles. The summed E-state index contributed by atoms with van der Waals surface area (Å²) in [4.78, 5) is 21.6. The molecule has 3 N–H and O–H groups in total. The van der Waals surface area contributed by atoms with E-state index in [1.165, 1.54) is 11.3 Å². The van der Waals surface area contributed by atoms with E-state index in [4.69, 9.17) is 4.74 Å². The number of sulfonamides is 1. The number of hydrogen-bond acceptors (Lipinski definition) is 8. The molecule has 0 saturated heterocycles. The van der Waals surface area contributed by atoms with Crippen LogP contribution in [-0.2, 0) is 14.8 Å². The van der Waals surface area contributed by atoms with E-state index in [0.717, 1.165) is 41.3 Å². The Kier molecular flexibility index (Phi) is 8.78. The molecule has 1 aliphatic rings. The Bertz CT molecular complexity index is 1300. The minimum Gasteiger partial charge on any atom is -0.447 e. The van der Waals surface area contributed by atoms with Gasteiger partial charge in [0.2, 0.25) is 10.0 Å². The van der Waals surface area contributed by atoms with Crippen LogP contribution in [-0.4, -0.2) is 43.2 Å². The van der Waals surface area contributed by atoms with Crippen LogP contribution in [0, 0.1) is 0 Å². The maximum absolute atomic E-state index is 13.1. The average molecular weight is 544 g/mol. The quantitative estimate of drug-likeness (QED) is 0.330. The van der Waals surface area contributed by atoms with Crippen LogP contribution >= 0.6 is 11.3 Å². The molecular formula is C26H33N5O4S2. The lowest BCUT2D eigenvalue weighted by molar-refractivity contribution is 0.109. The molecule has 198 valence electrons. The predicted molar refractivity (Wildman–Crippen MR) is 146 cm³/mol. The SMILES string of the molecule is CCNS(=O)(=O)c1cc(Nc2ccncc2)ccc1-c1cnc([C@H]2CC[C@H](NC(=O)OC(C)C)CC2)s1. The first-order valence-corrected chi connectivity index (χ1v) is 14.8. The highest BCUT2D eigenvalue weighted by Crippen LogP contribution is 2.40. The van der Waals surface area contributed by atoms with Gasteiger partial charge in [-0.3, -0.25) is 4.98 Å². The van der Waals surface area contributed by atoms with Crippen molar-refractivity contribution in [2.45, 2.75) is 69.4 Å². The lowest BCUT2D eigenvalue weighted by Crippen LogP contribution is -2.38. The number of thiazole rings is 1. The van der Waals surface area contributed by atoms with Crippen LogP contribution in [0.25, 0.3) is 10.4 Å². The Balaban J connectivity index is 1.52. The molecule has 1 amide bonds. The Morgan fingerprint density at radius 1 is 1.11 bits per heavy atom. The number of aromatic nitrogens is 2. The van der Waals surface area contributed by atoms with E-state index in [-0.39, 0.29) is 29.1 Å². The third kappa shape index (κ3) is 7.06. The standard InChI is InChI=1S/C26H33N5O4S2/c1-4-29-37(33,34)24-15-21(30-20-11-13-27-14-12-20)9-10-22(24)23-16-28-25(36-23)18-5-7-19(8-6-18)31-26(32)35-17(2)3/h9-19,29H,4-8H2,1-3H3,(H,27,30)(H,31,32)/t18-,19-. The summed E-state index contributed by atoms with van der Waals surface area (Å²) < 4.78 is 34.1. The fourth-order valence-electron chi connectivity index (χ4n) is 4.40. The van der Waals surface area contributed by atoms with Gasteiger partial charge in [0.15, 0.2) is 0 Å². The van der Waals surface area contributed by atoms with Gasteiger partial charge in [-0.1, -0.05) is 13.0 Å². The highest BCUT2D eigenvalue weighted by molar-refractivity contribution is 7.89. The Morgan fingerprint density at radius 3 is 2.51 bits per heavy atom. The van der Waals surface area contributed by atoms with Crippen molar-refractivity contribution in [1.82, 2.24) is 20.0 Å². The molecule has 9 nitrogen and oxygen atoms in total. The normalized spacial score (nSPS) is 17.9. The third-order valence-electron chi connectivity index (χ3n) is 6.10. The summed E-state index contributed by atoms with van der Waals surface area (Å²) in [6.07, 6.45) is 8.09. The van der Waals surface area contributed by atoms with E-state index < -0.39 is 10.0 Å². The molecular weight excluding hydrogens is 510 g/mol. The van der Waals surface area contributed by atoms with Gasteiger partial charge in [0.05, 0.1) is 20.9 Å². The number of carbonyl (C=O) groups is 1. The van der Waals surface area contributed by atoms with Gasteiger partial charge in [0.1, 0.15) is 0 Å². The number of rotatable bonds is 9. The molecule has 0 atom stereocenters. The van der Waals surface area contributed by atoms with E-state index in [2.05, 4.69) is 25.3 Å². The van der Waals surface area contributed by atoms with Gasteiger partial charge in [-0.25, -0.2) is 22.9 Å². The third-order valence-corrected chi connectivity index (χ3v) is 8.88. The number of nitrogens with one attached hydrogen (secondary N) is 3. The van der Waals surface area contributed by atoms with Crippen molar-refractivity contribution in [2.24, 2.45) is 0 Å². The van der Waals surface area contributed by atoms with Crippen molar-refractivity contribution in [3.05, 3.63) is 53.9 Å². The van der Waals surface area contributed by atoms with Gasteiger partial charge in [-0.2, -0.15) is 0 Å². The summed E-state index contributed by atoms with van der Waals surface area (Å²) in [5.41, 5.74) is 2.10. The monoisotopic (exact) mass is 543 g/mol. The number of alkyl carbamates (subject to hydrolysis) is 1. The molecule has 37 heavy (non-hydrogen) atoms. The van der Waals surface area contributed by atoms with Crippen molar-refractivity contribution in [1.29, 1.82) is 0 Å². The summed E-state index contributed by atoms with van der Waals surface area (Å²) >= 11 is 1.53. The smallest absolute Gasteiger partial charge is 0.407 e. The molecule has 4 rings (SSSR count). The maximum Gasteiger partial charge on any atom is 0.407 e. The molecule has 1 fully saturated rings. The Labute approximate surface area is 222 Å². The number of hydrogen-bond donors (Lipinski definition) is 3. The van der Waals surface area contributed by atoms with E-state index in [1.54, 1.807) is 31.6 Å². The number of nitrogens with zero attached hydrogens (tertiary/aromatic N) is 2. The molecule has 1 aromatic carbocycles. The minimum atomic E-state index is -3.72. The first kappa shape index (κ1) is 27.0. The molecule has 0 aliphatic heterocycles. The Hall–Kier alpha value is -3.02. The molecule has 0 unspecified atom stereocenters. The van der Waals surface area contributed by atoms with Gasteiger partial charge in [0, 0.05) is 54.0 Å². The molecule has 0 spiro atoms. The zero-order valence-electron chi connectivity index (χ0n) is 21.2. The predicted octanol–water partition coefficient (Wildman–Crippen LogP) is 5.41. The van der Waals surface area contributed by atoms with Crippen LogP contribution in [0.15, 0.2) is 53.8 Å². The highest BCUT2D eigenvalue weighted by Gasteiger charge is 2.27. The number of amides is 1. The van der Waals surface area contributed by atoms with Crippen LogP contribution in [0.3, 0.4) is 0 Å². The molecule has 0 radical (unpaired) electrons. The second-order valence-electron chi connectivity index (χ2n) is 9.28. The van der Waals surface area contributed by atoms with Crippen LogP contribution in [0.1, 0.15) is 57.4 Å². The van der Waals surface area contributed by atoms with Gasteiger partial charge in [0.25, 0.3) is 0 Å². The van der Waals surface area contributed by atoms with Crippen LogP contribution in [0.2, 0.25) is 0 Å². The van der Waals surface area contributed by atoms with Crippen molar-refractivity contribution in [2.75, 3.05) is 11.9 Å².